The van der Waals surface area contributed by atoms with Crippen LogP contribution in [0.5, 0.6) is 0 Å². The number of anilines is 1. The Balaban J connectivity index is 3.14. The van der Waals surface area contributed by atoms with Gasteiger partial charge in [0.1, 0.15) is 11.6 Å². The molecule has 0 aliphatic rings. The third-order valence-electron chi connectivity index (χ3n) is 2.49. The summed E-state index contributed by atoms with van der Waals surface area (Å²) in [7, 11) is 1.68. The van der Waals surface area contributed by atoms with Crippen molar-refractivity contribution in [3.05, 3.63) is 52.6 Å². The molecule has 0 unspecified atom stereocenters. The van der Waals surface area contributed by atoms with Crippen molar-refractivity contribution in [3.63, 3.8) is 0 Å². The Bertz CT molecular complexity index is 529. The molecule has 4 heteroatoms. The van der Waals surface area contributed by atoms with Gasteiger partial charge in [-0.05, 0) is 44.5 Å². The van der Waals surface area contributed by atoms with Crippen LogP contribution in [0.4, 0.5) is 10.1 Å². The van der Waals surface area contributed by atoms with Crippen LogP contribution >= 0.6 is 0 Å². The normalized spacial score (nSPS) is 11.4. The molecule has 0 aliphatic carbocycles. The molecule has 0 radical (unpaired) electrons. The number of benzene rings is 1. The lowest BCUT2D eigenvalue weighted by atomic mass is 10.2. The monoisotopic (exact) mass is 262 g/mol. The molecule has 0 heterocycles. The van der Waals surface area contributed by atoms with Gasteiger partial charge in [0.2, 0.25) is 0 Å². The number of carbonyl (C=O) groups excluding carboxylic acids is 1. The number of rotatable bonds is 5. The van der Waals surface area contributed by atoms with Gasteiger partial charge < -0.3 is 10.6 Å². The molecule has 0 aromatic heterocycles. The molecule has 0 spiro atoms. The molecule has 0 fully saturated rings. The molecule has 2 N–H and O–H groups in total. The molecule has 3 nitrogen and oxygen atoms in total. The van der Waals surface area contributed by atoms with Crippen LogP contribution in [-0.4, -0.2) is 13.3 Å². The SMILES string of the molecule is CN/C(Nc1ccc(C)cc1F)=C(/C=O)C=C(C)C. The highest BCUT2D eigenvalue weighted by atomic mass is 19.1. The number of hydrogen-bond acceptors (Lipinski definition) is 3. The van der Waals surface area contributed by atoms with E-state index in [4.69, 9.17) is 0 Å². The van der Waals surface area contributed by atoms with Crippen molar-refractivity contribution in [1.82, 2.24) is 5.32 Å². The molecule has 0 amide bonds. The Hall–Kier alpha value is -2.10. The Morgan fingerprint density at radius 2 is 2.00 bits per heavy atom. The van der Waals surface area contributed by atoms with E-state index in [0.29, 0.717) is 17.1 Å². The van der Waals surface area contributed by atoms with Gasteiger partial charge >= 0.3 is 0 Å². The molecular weight excluding hydrogens is 243 g/mol. The molecule has 0 saturated heterocycles. The van der Waals surface area contributed by atoms with Crippen LogP contribution in [0.3, 0.4) is 0 Å². The Labute approximate surface area is 113 Å². The maximum atomic E-state index is 13.8. The van der Waals surface area contributed by atoms with Crippen LogP contribution in [0.15, 0.2) is 41.2 Å². The first-order valence-corrected chi connectivity index (χ1v) is 6.03. The van der Waals surface area contributed by atoms with Gasteiger partial charge in [-0.3, -0.25) is 4.79 Å². The zero-order valence-corrected chi connectivity index (χ0v) is 11.7. The predicted molar refractivity (Wildman–Crippen MR) is 76.3 cm³/mol. The van der Waals surface area contributed by atoms with E-state index in [1.165, 1.54) is 6.07 Å². The first kappa shape index (κ1) is 15.0. The fourth-order valence-electron chi connectivity index (χ4n) is 1.61. The second-order valence-corrected chi connectivity index (χ2v) is 4.53. The lowest BCUT2D eigenvalue weighted by Gasteiger charge is -2.13. The number of carbonyl (C=O) groups is 1. The smallest absolute Gasteiger partial charge is 0.153 e. The summed E-state index contributed by atoms with van der Waals surface area (Å²) in [6.07, 6.45) is 2.47. The van der Waals surface area contributed by atoms with Gasteiger partial charge in [-0.25, -0.2) is 4.39 Å². The highest BCUT2D eigenvalue weighted by molar-refractivity contribution is 5.80. The summed E-state index contributed by atoms with van der Waals surface area (Å²) in [6, 6.07) is 4.89. The van der Waals surface area contributed by atoms with Gasteiger partial charge in [-0.2, -0.15) is 0 Å². The summed E-state index contributed by atoms with van der Waals surface area (Å²) in [6.45, 7) is 5.61. The highest BCUT2D eigenvalue weighted by Crippen LogP contribution is 2.17. The average Bonchev–Trinajstić information content (AvgIpc) is 2.35. The van der Waals surface area contributed by atoms with Crippen LogP contribution in [0.25, 0.3) is 0 Å². The largest absolute Gasteiger partial charge is 0.374 e. The van der Waals surface area contributed by atoms with Crippen molar-refractivity contribution >= 4 is 12.0 Å². The van der Waals surface area contributed by atoms with Crippen molar-refractivity contribution in [1.29, 1.82) is 0 Å². The second kappa shape index (κ2) is 6.73. The third kappa shape index (κ3) is 4.25. The van der Waals surface area contributed by atoms with Gasteiger partial charge in [0, 0.05) is 7.05 Å². The predicted octanol–water partition coefficient (Wildman–Crippen LogP) is 3.14. The van der Waals surface area contributed by atoms with Crippen molar-refractivity contribution in [2.24, 2.45) is 0 Å². The first-order chi connectivity index (χ1) is 8.97. The molecule has 0 saturated carbocycles. The van der Waals surface area contributed by atoms with Gasteiger partial charge in [0.05, 0.1) is 11.3 Å². The Morgan fingerprint density at radius 1 is 1.32 bits per heavy atom. The van der Waals surface area contributed by atoms with Gasteiger partial charge in [-0.1, -0.05) is 11.6 Å². The fraction of sp³-hybridized carbons (Fsp3) is 0.267. The number of aryl methyl sites for hydroxylation is 1. The van der Waals surface area contributed by atoms with E-state index >= 15 is 0 Å². The molecule has 1 aromatic carbocycles. The zero-order valence-electron chi connectivity index (χ0n) is 11.7. The van der Waals surface area contributed by atoms with E-state index in [-0.39, 0.29) is 5.82 Å². The van der Waals surface area contributed by atoms with Gasteiger partial charge in [0.15, 0.2) is 6.29 Å². The number of aldehydes is 1. The highest BCUT2D eigenvalue weighted by Gasteiger charge is 2.07. The minimum Gasteiger partial charge on any atom is -0.374 e. The molecule has 1 rings (SSSR count). The first-order valence-electron chi connectivity index (χ1n) is 6.03. The summed E-state index contributed by atoms with van der Waals surface area (Å²) >= 11 is 0. The van der Waals surface area contributed by atoms with Crippen LogP contribution in [-0.2, 0) is 4.79 Å². The molecule has 102 valence electrons. The fourth-order valence-corrected chi connectivity index (χ4v) is 1.61. The summed E-state index contributed by atoms with van der Waals surface area (Å²) < 4.78 is 13.8. The summed E-state index contributed by atoms with van der Waals surface area (Å²) in [5, 5.41) is 5.77. The van der Waals surface area contributed by atoms with E-state index in [1.807, 2.05) is 20.8 Å². The van der Waals surface area contributed by atoms with Crippen LogP contribution in [0.1, 0.15) is 19.4 Å². The average molecular weight is 262 g/mol. The maximum absolute atomic E-state index is 13.8. The van der Waals surface area contributed by atoms with E-state index in [9.17, 15) is 9.18 Å². The molecular formula is C15H19FN2O. The van der Waals surface area contributed by atoms with E-state index < -0.39 is 0 Å². The van der Waals surface area contributed by atoms with E-state index in [1.54, 1.807) is 25.3 Å². The summed E-state index contributed by atoms with van der Waals surface area (Å²) in [5.41, 5.74) is 2.61. The van der Waals surface area contributed by atoms with Crippen LogP contribution < -0.4 is 10.6 Å². The molecule has 0 bridgehead atoms. The van der Waals surface area contributed by atoms with E-state index in [0.717, 1.165) is 17.4 Å². The molecule has 1 aromatic rings. The minimum atomic E-state index is -0.352. The van der Waals surface area contributed by atoms with Crippen molar-refractivity contribution in [3.8, 4) is 0 Å². The lowest BCUT2D eigenvalue weighted by Crippen LogP contribution is -2.18. The minimum absolute atomic E-state index is 0.330. The van der Waals surface area contributed by atoms with Gasteiger partial charge in [0.25, 0.3) is 0 Å². The lowest BCUT2D eigenvalue weighted by molar-refractivity contribution is -0.104. The summed E-state index contributed by atoms with van der Waals surface area (Å²) in [5.74, 6) is 0.120. The number of allylic oxidation sites excluding steroid dienone is 3. The van der Waals surface area contributed by atoms with Crippen molar-refractivity contribution in [2.45, 2.75) is 20.8 Å². The Kier molecular flexibility index (Phi) is 5.30. The molecule has 0 aliphatic heterocycles. The quantitative estimate of drug-likeness (QED) is 0.486. The summed E-state index contributed by atoms with van der Waals surface area (Å²) in [4.78, 5) is 11.1. The topological polar surface area (TPSA) is 41.1 Å². The van der Waals surface area contributed by atoms with Crippen molar-refractivity contribution in [2.75, 3.05) is 12.4 Å². The number of nitrogens with one attached hydrogen (secondary N) is 2. The maximum Gasteiger partial charge on any atom is 0.153 e. The van der Waals surface area contributed by atoms with Crippen LogP contribution in [0, 0.1) is 12.7 Å². The standard InChI is InChI=1S/C15H19FN2O/c1-10(2)7-12(9-19)15(17-4)18-14-6-5-11(3)8-13(14)16/h5-9,17-18H,1-4H3/b15-12-. The second-order valence-electron chi connectivity index (χ2n) is 4.53. The van der Waals surface area contributed by atoms with E-state index in [2.05, 4.69) is 10.6 Å². The van der Waals surface area contributed by atoms with Crippen molar-refractivity contribution < 1.29 is 9.18 Å². The van der Waals surface area contributed by atoms with Gasteiger partial charge in [-0.15, -0.1) is 0 Å². The zero-order chi connectivity index (χ0) is 14.4. The number of halogens is 1. The molecule has 0 atom stereocenters. The molecule has 19 heavy (non-hydrogen) atoms. The van der Waals surface area contributed by atoms with Crippen LogP contribution in [0.2, 0.25) is 0 Å². The number of hydrogen-bond donors (Lipinski definition) is 2. The Morgan fingerprint density at radius 3 is 2.47 bits per heavy atom. The third-order valence-corrected chi connectivity index (χ3v) is 2.49.